The summed E-state index contributed by atoms with van der Waals surface area (Å²) in [5.74, 6) is 0. The van der Waals surface area contributed by atoms with Crippen molar-refractivity contribution in [1.82, 2.24) is 4.90 Å². The Morgan fingerprint density at radius 2 is 1.54 bits per heavy atom. The van der Waals surface area contributed by atoms with Crippen LogP contribution in [-0.4, -0.2) is 70.2 Å². The molecule has 78 valence electrons. The standard InChI is InChI=1S/C7H15NO5/c1-8(2)7(13)6(12)5(11)4(10)3-9/h3-7,10-13H,1-2H3/t4-,5-,6-,7?/m0/s1. The van der Waals surface area contributed by atoms with Gasteiger partial charge in [-0.05, 0) is 14.1 Å². The number of carbonyl (C=O) groups is 1. The summed E-state index contributed by atoms with van der Waals surface area (Å²) < 4.78 is 0. The zero-order valence-corrected chi connectivity index (χ0v) is 7.53. The third kappa shape index (κ3) is 3.37. The topological polar surface area (TPSA) is 101 Å². The number of carbonyl (C=O) groups excluding carboxylic acids is 1. The second kappa shape index (κ2) is 5.25. The molecule has 0 rings (SSSR count). The van der Waals surface area contributed by atoms with Crippen LogP contribution in [0.5, 0.6) is 0 Å². The van der Waals surface area contributed by atoms with E-state index in [0.29, 0.717) is 0 Å². The van der Waals surface area contributed by atoms with Gasteiger partial charge in [0.15, 0.2) is 6.29 Å². The molecular weight excluding hydrogens is 178 g/mol. The van der Waals surface area contributed by atoms with Gasteiger partial charge in [0.25, 0.3) is 0 Å². The summed E-state index contributed by atoms with van der Waals surface area (Å²) in [4.78, 5) is 11.3. The quantitative estimate of drug-likeness (QED) is 0.277. The number of aliphatic hydroxyl groups is 4. The van der Waals surface area contributed by atoms with Gasteiger partial charge >= 0.3 is 0 Å². The fourth-order valence-corrected chi connectivity index (χ4v) is 0.764. The lowest BCUT2D eigenvalue weighted by Crippen LogP contribution is -2.50. The molecule has 0 saturated carbocycles. The van der Waals surface area contributed by atoms with Gasteiger partial charge in [0.2, 0.25) is 0 Å². The van der Waals surface area contributed by atoms with Gasteiger partial charge in [-0.3, -0.25) is 4.90 Å². The highest BCUT2D eigenvalue weighted by Gasteiger charge is 2.30. The highest BCUT2D eigenvalue weighted by atomic mass is 16.4. The SMILES string of the molecule is CN(C)C(O)[C@@H](O)[C@@H](O)[C@@H](O)C=O. The average molecular weight is 193 g/mol. The minimum Gasteiger partial charge on any atom is -0.387 e. The predicted molar refractivity (Wildman–Crippen MR) is 43.8 cm³/mol. The molecule has 0 saturated heterocycles. The van der Waals surface area contributed by atoms with Crippen LogP contribution in [0.1, 0.15) is 0 Å². The van der Waals surface area contributed by atoms with E-state index in [-0.39, 0.29) is 6.29 Å². The lowest BCUT2D eigenvalue weighted by atomic mass is 10.1. The molecule has 1 unspecified atom stereocenters. The van der Waals surface area contributed by atoms with Crippen molar-refractivity contribution in [3.63, 3.8) is 0 Å². The number of hydrogen-bond acceptors (Lipinski definition) is 6. The first-order valence-electron chi connectivity index (χ1n) is 3.75. The fourth-order valence-electron chi connectivity index (χ4n) is 0.764. The largest absolute Gasteiger partial charge is 0.387 e. The summed E-state index contributed by atoms with van der Waals surface area (Å²) in [6.07, 6.45) is -6.20. The van der Waals surface area contributed by atoms with E-state index in [0.717, 1.165) is 0 Å². The number of rotatable bonds is 5. The van der Waals surface area contributed by atoms with E-state index in [1.54, 1.807) is 0 Å². The lowest BCUT2D eigenvalue weighted by Gasteiger charge is -2.28. The van der Waals surface area contributed by atoms with Gasteiger partial charge in [-0.2, -0.15) is 0 Å². The van der Waals surface area contributed by atoms with Crippen molar-refractivity contribution in [1.29, 1.82) is 0 Å². The molecule has 13 heavy (non-hydrogen) atoms. The van der Waals surface area contributed by atoms with Crippen molar-refractivity contribution in [3.8, 4) is 0 Å². The minimum absolute atomic E-state index is 0.0935. The summed E-state index contributed by atoms with van der Waals surface area (Å²) in [7, 11) is 2.96. The molecule has 0 aliphatic rings. The number of aliphatic hydroxyl groups excluding tert-OH is 4. The van der Waals surface area contributed by atoms with Crippen molar-refractivity contribution in [3.05, 3.63) is 0 Å². The van der Waals surface area contributed by atoms with E-state index < -0.39 is 24.5 Å². The summed E-state index contributed by atoms with van der Waals surface area (Å²) in [6, 6.07) is 0. The zero-order chi connectivity index (χ0) is 10.6. The molecule has 0 amide bonds. The molecule has 0 radical (unpaired) electrons. The Hall–Kier alpha value is -0.530. The average Bonchev–Trinajstić information content (AvgIpc) is 2.12. The molecule has 0 aromatic rings. The van der Waals surface area contributed by atoms with Crippen LogP contribution >= 0.6 is 0 Å². The summed E-state index contributed by atoms with van der Waals surface area (Å²) in [5, 5.41) is 36.3. The van der Waals surface area contributed by atoms with Gasteiger partial charge in [0, 0.05) is 0 Å². The molecule has 4 N–H and O–H groups in total. The first-order chi connectivity index (χ1) is 5.91. The highest BCUT2D eigenvalue weighted by molar-refractivity contribution is 5.56. The Labute approximate surface area is 76.0 Å². The maximum atomic E-state index is 10.0. The molecule has 6 nitrogen and oxygen atoms in total. The molecule has 0 bridgehead atoms. The van der Waals surface area contributed by atoms with Crippen LogP contribution in [0.2, 0.25) is 0 Å². The molecule has 0 heterocycles. The van der Waals surface area contributed by atoms with Crippen LogP contribution < -0.4 is 0 Å². The minimum atomic E-state index is -1.69. The van der Waals surface area contributed by atoms with E-state index >= 15 is 0 Å². The van der Waals surface area contributed by atoms with Gasteiger partial charge in [-0.1, -0.05) is 0 Å². The second-order valence-electron chi connectivity index (χ2n) is 2.99. The Balaban J connectivity index is 4.23. The molecule has 6 heteroatoms. The number of aldehydes is 1. The van der Waals surface area contributed by atoms with Crippen molar-refractivity contribution >= 4 is 6.29 Å². The lowest BCUT2D eigenvalue weighted by molar-refractivity contribution is -0.148. The fraction of sp³-hybridized carbons (Fsp3) is 0.857. The number of likely N-dealkylation sites (N-methyl/N-ethyl adjacent to an activating group) is 1. The maximum Gasteiger partial charge on any atom is 0.151 e. The smallest absolute Gasteiger partial charge is 0.151 e. The Morgan fingerprint density at radius 1 is 1.08 bits per heavy atom. The summed E-state index contributed by atoms with van der Waals surface area (Å²) in [6.45, 7) is 0. The van der Waals surface area contributed by atoms with Crippen LogP contribution in [0, 0.1) is 0 Å². The number of hydrogen-bond donors (Lipinski definition) is 4. The van der Waals surface area contributed by atoms with E-state index in [9.17, 15) is 15.0 Å². The summed E-state index contributed by atoms with van der Waals surface area (Å²) in [5.41, 5.74) is 0. The molecule has 0 spiro atoms. The van der Waals surface area contributed by atoms with E-state index in [2.05, 4.69) is 0 Å². The van der Waals surface area contributed by atoms with Crippen molar-refractivity contribution in [2.24, 2.45) is 0 Å². The van der Waals surface area contributed by atoms with Crippen LogP contribution in [0.3, 0.4) is 0 Å². The zero-order valence-electron chi connectivity index (χ0n) is 7.53. The molecule has 0 aliphatic heterocycles. The van der Waals surface area contributed by atoms with E-state index in [4.69, 9.17) is 10.2 Å². The van der Waals surface area contributed by atoms with Crippen LogP contribution in [0.25, 0.3) is 0 Å². The third-order valence-electron chi connectivity index (χ3n) is 1.67. The van der Waals surface area contributed by atoms with Crippen molar-refractivity contribution < 1.29 is 25.2 Å². The normalized spacial score (nSPS) is 20.8. The van der Waals surface area contributed by atoms with Crippen LogP contribution in [0.4, 0.5) is 0 Å². The molecule has 0 aromatic heterocycles. The highest BCUT2D eigenvalue weighted by Crippen LogP contribution is 2.05. The molecular formula is C7H15NO5. The van der Waals surface area contributed by atoms with Gasteiger partial charge < -0.3 is 25.2 Å². The van der Waals surface area contributed by atoms with E-state index in [1.165, 1.54) is 19.0 Å². The Kier molecular flexibility index (Phi) is 5.04. The molecule has 0 fully saturated rings. The van der Waals surface area contributed by atoms with Gasteiger partial charge in [-0.15, -0.1) is 0 Å². The predicted octanol–water partition coefficient (Wildman–Crippen LogP) is -2.85. The first kappa shape index (κ1) is 12.5. The van der Waals surface area contributed by atoms with E-state index in [1.807, 2.05) is 0 Å². The van der Waals surface area contributed by atoms with Crippen molar-refractivity contribution in [2.75, 3.05) is 14.1 Å². The van der Waals surface area contributed by atoms with Gasteiger partial charge in [0.1, 0.15) is 24.5 Å². The van der Waals surface area contributed by atoms with Gasteiger partial charge in [0.05, 0.1) is 0 Å². The molecule has 0 aliphatic carbocycles. The van der Waals surface area contributed by atoms with Gasteiger partial charge in [-0.25, -0.2) is 0 Å². The monoisotopic (exact) mass is 193 g/mol. The number of nitrogens with zero attached hydrogens (tertiary/aromatic N) is 1. The van der Waals surface area contributed by atoms with Crippen LogP contribution in [0.15, 0.2) is 0 Å². The molecule has 4 atom stereocenters. The summed E-state index contributed by atoms with van der Waals surface area (Å²) >= 11 is 0. The first-order valence-corrected chi connectivity index (χ1v) is 3.75. The Bertz CT molecular complexity index is 163. The van der Waals surface area contributed by atoms with Crippen LogP contribution in [-0.2, 0) is 4.79 Å². The Morgan fingerprint density at radius 3 is 1.85 bits per heavy atom. The maximum absolute atomic E-state index is 10.0. The third-order valence-corrected chi connectivity index (χ3v) is 1.67. The van der Waals surface area contributed by atoms with Crippen molar-refractivity contribution in [2.45, 2.75) is 24.5 Å². The molecule has 0 aromatic carbocycles. The second-order valence-corrected chi connectivity index (χ2v) is 2.99.